The fourth-order valence-corrected chi connectivity index (χ4v) is 2.27. The highest BCUT2D eigenvalue weighted by atomic mass is 15.0. The topological polar surface area (TPSA) is 66.5 Å². The van der Waals surface area contributed by atoms with Crippen LogP contribution in [0.3, 0.4) is 0 Å². The fraction of sp³-hybridized carbons (Fsp3) is 0.118. The van der Waals surface area contributed by atoms with Crippen LogP contribution in [0.4, 0.5) is 5.82 Å². The zero-order valence-electron chi connectivity index (χ0n) is 12.2. The van der Waals surface area contributed by atoms with Crippen molar-refractivity contribution in [3.8, 4) is 11.8 Å². The summed E-state index contributed by atoms with van der Waals surface area (Å²) in [6.07, 6.45) is 5.43. The molecule has 0 atom stereocenters. The van der Waals surface area contributed by atoms with Gasteiger partial charge in [0.25, 0.3) is 0 Å². The first kappa shape index (κ1) is 13.8. The third-order valence-corrected chi connectivity index (χ3v) is 3.38. The molecule has 0 aliphatic rings. The highest BCUT2D eigenvalue weighted by Gasteiger charge is 2.07. The molecule has 3 rings (SSSR count). The molecule has 1 N–H and O–H groups in total. The van der Waals surface area contributed by atoms with Gasteiger partial charge in [0.1, 0.15) is 11.9 Å². The normalized spacial score (nSPS) is 10.2. The van der Waals surface area contributed by atoms with E-state index in [2.05, 4.69) is 21.4 Å². The Bertz CT molecular complexity index is 815. The van der Waals surface area contributed by atoms with Gasteiger partial charge in [0, 0.05) is 24.6 Å². The summed E-state index contributed by atoms with van der Waals surface area (Å²) >= 11 is 0. The molecule has 2 heterocycles. The first-order chi connectivity index (χ1) is 10.8. The van der Waals surface area contributed by atoms with Gasteiger partial charge in [0.05, 0.1) is 17.6 Å². The monoisotopic (exact) mass is 289 g/mol. The largest absolute Gasteiger partial charge is 0.365 e. The van der Waals surface area contributed by atoms with E-state index < -0.39 is 0 Å². The molecule has 0 aliphatic heterocycles. The summed E-state index contributed by atoms with van der Waals surface area (Å²) < 4.78 is 1.96. The van der Waals surface area contributed by atoms with Gasteiger partial charge >= 0.3 is 0 Å². The SMILES string of the molecule is Cc1ccc(C#N)c(NCc2ccccc2-n2ccnc2)n1. The molecule has 0 radical (unpaired) electrons. The smallest absolute Gasteiger partial charge is 0.144 e. The predicted octanol–water partition coefficient (Wildman–Crippen LogP) is 3.06. The summed E-state index contributed by atoms with van der Waals surface area (Å²) in [6, 6.07) is 13.8. The van der Waals surface area contributed by atoms with Crippen molar-refractivity contribution in [1.29, 1.82) is 5.26 Å². The van der Waals surface area contributed by atoms with Crippen molar-refractivity contribution in [3.05, 3.63) is 71.9 Å². The van der Waals surface area contributed by atoms with Gasteiger partial charge in [-0.2, -0.15) is 5.26 Å². The number of nitrogens with zero attached hydrogens (tertiary/aromatic N) is 4. The van der Waals surface area contributed by atoms with Gasteiger partial charge in [-0.15, -0.1) is 0 Å². The Morgan fingerprint density at radius 2 is 2.09 bits per heavy atom. The highest BCUT2D eigenvalue weighted by molar-refractivity contribution is 5.53. The van der Waals surface area contributed by atoms with Crippen molar-refractivity contribution >= 4 is 5.82 Å². The lowest BCUT2D eigenvalue weighted by Crippen LogP contribution is -2.07. The quantitative estimate of drug-likeness (QED) is 0.801. The number of imidazole rings is 1. The average Bonchev–Trinajstić information content (AvgIpc) is 3.07. The third kappa shape index (κ3) is 2.81. The van der Waals surface area contributed by atoms with Crippen molar-refractivity contribution in [1.82, 2.24) is 14.5 Å². The summed E-state index contributed by atoms with van der Waals surface area (Å²) in [5.41, 5.74) is 3.58. The first-order valence-electron chi connectivity index (χ1n) is 6.96. The van der Waals surface area contributed by atoms with Gasteiger partial charge in [0.2, 0.25) is 0 Å². The lowest BCUT2D eigenvalue weighted by atomic mass is 10.1. The molecule has 0 spiro atoms. The number of rotatable bonds is 4. The van der Waals surface area contributed by atoms with Gasteiger partial charge in [-0.05, 0) is 30.7 Å². The van der Waals surface area contributed by atoms with Gasteiger partial charge in [0.15, 0.2) is 0 Å². The van der Waals surface area contributed by atoms with Gasteiger partial charge in [-0.1, -0.05) is 18.2 Å². The summed E-state index contributed by atoms with van der Waals surface area (Å²) in [7, 11) is 0. The summed E-state index contributed by atoms with van der Waals surface area (Å²) in [5, 5.41) is 12.4. The van der Waals surface area contributed by atoms with Crippen LogP contribution < -0.4 is 5.32 Å². The minimum atomic E-state index is 0.547. The van der Waals surface area contributed by atoms with E-state index in [1.807, 2.05) is 48.0 Å². The van der Waals surface area contributed by atoms with E-state index in [9.17, 15) is 0 Å². The zero-order chi connectivity index (χ0) is 15.4. The van der Waals surface area contributed by atoms with E-state index in [1.165, 1.54) is 0 Å². The molecule has 0 aliphatic carbocycles. The summed E-state index contributed by atoms with van der Waals surface area (Å²) in [6.45, 7) is 2.49. The Hall–Kier alpha value is -3.13. The molecule has 0 bridgehead atoms. The summed E-state index contributed by atoms with van der Waals surface area (Å²) in [4.78, 5) is 8.48. The van der Waals surface area contributed by atoms with E-state index in [-0.39, 0.29) is 0 Å². The van der Waals surface area contributed by atoms with E-state index in [1.54, 1.807) is 18.6 Å². The molecule has 0 saturated heterocycles. The van der Waals surface area contributed by atoms with Crippen molar-refractivity contribution < 1.29 is 0 Å². The molecule has 5 heteroatoms. The molecular weight excluding hydrogens is 274 g/mol. The summed E-state index contributed by atoms with van der Waals surface area (Å²) in [5.74, 6) is 0.614. The third-order valence-electron chi connectivity index (χ3n) is 3.38. The van der Waals surface area contributed by atoms with Crippen LogP contribution in [-0.2, 0) is 6.54 Å². The number of nitrogens with one attached hydrogen (secondary N) is 1. The van der Waals surface area contributed by atoms with Crippen LogP contribution in [0, 0.1) is 18.3 Å². The molecular formula is C17H15N5. The Balaban J connectivity index is 1.87. The average molecular weight is 289 g/mol. The molecule has 22 heavy (non-hydrogen) atoms. The van der Waals surface area contributed by atoms with E-state index in [4.69, 9.17) is 5.26 Å². The minimum Gasteiger partial charge on any atom is -0.365 e. The van der Waals surface area contributed by atoms with Gasteiger partial charge in [-0.3, -0.25) is 0 Å². The van der Waals surface area contributed by atoms with Gasteiger partial charge < -0.3 is 9.88 Å². The lowest BCUT2D eigenvalue weighted by molar-refractivity contribution is 0.999. The maximum absolute atomic E-state index is 9.17. The number of benzene rings is 1. The molecule has 108 valence electrons. The Labute approximate surface area is 128 Å². The number of nitriles is 1. The fourth-order valence-electron chi connectivity index (χ4n) is 2.27. The van der Waals surface area contributed by atoms with Crippen LogP contribution >= 0.6 is 0 Å². The second-order valence-electron chi connectivity index (χ2n) is 4.91. The molecule has 1 aromatic carbocycles. The Kier molecular flexibility index (Phi) is 3.84. The Morgan fingerprint density at radius 3 is 2.86 bits per heavy atom. The number of anilines is 1. The van der Waals surface area contributed by atoms with Crippen LogP contribution in [0.15, 0.2) is 55.1 Å². The van der Waals surface area contributed by atoms with E-state index >= 15 is 0 Å². The number of aromatic nitrogens is 3. The van der Waals surface area contributed by atoms with Crippen molar-refractivity contribution in [2.75, 3.05) is 5.32 Å². The molecule has 0 unspecified atom stereocenters. The number of aryl methyl sites for hydroxylation is 1. The Morgan fingerprint density at radius 1 is 1.23 bits per heavy atom. The van der Waals surface area contributed by atoms with Crippen LogP contribution in [0.1, 0.15) is 16.8 Å². The zero-order valence-corrected chi connectivity index (χ0v) is 12.2. The van der Waals surface area contributed by atoms with Crippen molar-refractivity contribution in [3.63, 3.8) is 0 Å². The maximum atomic E-state index is 9.17. The highest BCUT2D eigenvalue weighted by Crippen LogP contribution is 2.18. The second kappa shape index (κ2) is 6.10. The lowest BCUT2D eigenvalue weighted by Gasteiger charge is -2.12. The molecule has 2 aromatic heterocycles. The van der Waals surface area contributed by atoms with Crippen LogP contribution in [-0.4, -0.2) is 14.5 Å². The van der Waals surface area contributed by atoms with E-state index in [0.29, 0.717) is 17.9 Å². The minimum absolute atomic E-state index is 0.547. The molecule has 0 fully saturated rings. The number of hydrogen-bond donors (Lipinski definition) is 1. The number of pyridine rings is 1. The second-order valence-corrected chi connectivity index (χ2v) is 4.91. The van der Waals surface area contributed by atoms with Crippen LogP contribution in [0.5, 0.6) is 0 Å². The molecule has 3 aromatic rings. The van der Waals surface area contributed by atoms with Gasteiger partial charge in [-0.25, -0.2) is 9.97 Å². The van der Waals surface area contributed by atoms with Crippen molar-refractivity contribution in [2.24, 2.45) is 0 Å². The van der Waals surface area contributed by atoms with E-state index in [0.717, 1.165) is 16.9 Å². The number of hydrogen-bond acceptors (Lipinski definition) is 4. The molecule has 0 amide bonds. The van der Waals surface area contributed by atoms with Crippen LogP contribution in [0.25, 0.3) is 5.69 Å². The molecule has 0 saturated carbocycles. The number of para-hydroxylation sites is 1. The first-order valence-corrected chi connectivity index (χ1v) is 6.96. The van der Waals surface area contributed by atoms with Crippen LogP contribution in [0.2, 0.25) is 0 Å². The van der Waals surface area contributed by atoms with Crippen molar-refractivity contribution in [2.45, 2.75) is 13.5 Å². The maximum Gasteiger partial charge on any atom is 0.144 e. The molecule has 5 nitrogen and oxygen atoms in total. The predicted molar refractivity (Wildman–Crippen MR) is 84.6 cm³/mol. The standard InChI is InChI=1S/C17H15N5/c1-13-6-7-14(10-18)17(21-13)20-11-15-4-2-3-5-16(15)22-9-8-19-12-22/h2-9,12H,11H2,1H3,(H,20,21).